The molecule has 26 heavy (non-hydrogen) atoms. The Bertz CT molecular complexity index is 872. The molecule has 0 aromatic heterocycles. The molecule has 6 nitrogen and oxygen atoms in total. The minimum atomic E-state index is -2.22. The number of halogens is 2. The molecule has 0 radical (unpaired) electrons. The third kappa shape index (κ3) is 3.18. The third-order valence-corrected chi connectivity index (χ3v) is 4.69. The van der Waals surface area contributed by atoms with Gasteiger partial charge in [-0.1, -0.05) is 27.5 Å². The van der Waals surface area contributed by atoms with Gasteiger partial charge in [-0.15, -0.1) is 0 Å². The van der Waals surface area contributed by atoms with Crippen molar-refractivity contribution < 1.29 is 14.7 Å². The average molecular weight is 439 g/mol. The zero-order valence-electron chi connectivity index (χ0n) is 14.1. The van der Waals surface area contributed by atoms with Crippen molar-refractivity contribution in [2.45, 2.75) is 25.6 Å². The van der Waals surface area contributed by atoms with E-state index in [4.69, 9.17) is 11.6 Å². The maximum Gasteiger partial charge on any atom is 0.329 e. The fraction of sp³-hybridized carbons (Fsp3) is 0.222. The van der Waals surface area contributed by atoms with Gasteiger partial charge in [-0.3, -0.25) is 9.69 Å². The Balaban J connectivity index is 2.22. The highest BCUT2D eigenvalue weighted by Gasteiger charge is 2.52. The standard InChI is InChI=1S/C18H17BrClN3O3/c1-10(2)21-16(24)18(26)14-9-11(19)3-8-15(14)22-17(25)23(18)13-6-4-12(20)5-7-13/h3-10,26H,1-2H3,(H,21,24)(H,22,25)/t18-/m1/s1. The highest BCUT2D eigenvalue weighted by molar-refractivity contribution is 9.10. The lowest BCUT2D eigenvalue weighted by molar-refractivity contribution is -0.140. The van der Waals surface area contributed by atoms with Crippen molar-refractivity contribution in [3.05, 3.63) is 57.5 Å². The SMILES string of the molecule is CC(C)NC(=O)[C@]1(O)c2cc(Br)ccc2NC(=O)N1c1ccc(Cl)cc1. The number of nitrogens with one attached hydrogen (secondary N) is 2. The summed E-state index contributed by atoms with van der Waals surface area (Å²) in [4.78, 5) is 26.8. The first-order valence-corrected chi connectivity index (χ1v) is 9.10. The summed E-state index contributed by atoms with van der Waals surface area (Å²) in [7, 11) is 0. The van der Waals surface area contributed by atoms with Gasteiger partial charge < -0.3 is 15.7 Å². The molecular weight excluding hydrogens is 422 g/mol. The molecule has 0 saturated carbocycles. The summed E-state index contributed by atoms with van der Waals surface area (Å²) in [6.07, 6.45) is 0. The van der Waals surface area contributed by atoms with Crippen LogP contribution in [0.25, 0.3) is 0 Å². The third-order valence-electron chi connectivity index (χ3n) is 3.95. The lowest BCUT2D eigenvalue weighted by Gasteiger charge is -2.43. The number of fused-ring (bicyclic) bond motifs is 1. The monoisotopic (exact) mass is 437 g/mol. The number of nitrogens with zero attached hydrogens (tertiary/aromatic N) is 1. The molecule has 136 valence electrons. The first-order chi connectivity index (χ1) is 12.2. The summed E-state index contributed by atoms with van der Waals surface area (Å²) in [5.41, 5.74) is -1.26. The lowest BCUT2D eigenvalue weighted by Crippen LogP contribution is -2.63. The number of amides is 3. The van der Waals surface area contributed by atoms with Gasteiger partial charge in [0.15, 0.2) is 0 Å². The number of carbonyl (C=O) groups is 2. The summed E-state index contributed by atoms with van der Waals surface area (Å²) in [5.74, 6) is -0.698. The van der Waals surface area contributed by atoms with E-state index in [1.54, 1.807) is 56.3 Å². The molecule has 8 heteroatoms. The quantitative estimate of drug-likeness (QED) is 0.681. The zero-order valence-corrected chi connectivity index (χ0v) is 16.4. The van der Waals surface area contributed by atoms with Crippen LogP contribution in [0.5, 0.6) is 0 Å². The van der Waals surface area contributed by atoms with Gasteiger partial charge in [-0.05, 0) is 56.3 Å². The summed E-state index contributed by atoms with van der Waals surface area (Å²) in [5, 5.41) is 17.4. The Morgan fingerprint density at radius 2 is 1.92 bits per heavy atom. The molecule has 1 heterocycles. The fourth-order valence-corrected chi connectivity index (χ4v) is 3.32. The highest BCUT2D eigenvalue weighted by atomic mass is 79.9. The van der Waals surface area contributed by atoms with Crippen molar-refractivity contribution in [2.75, 3.05) is 10.2 Å². The molecule has 0 spiro atoms. The van der Waals surface area contributed by atoms with Crippen LogP contribution in [0, 0.1) is 0 Å². The van der Waals surface area contributed by atoms with Crippen LogP contribution in [0.3, 0.4) is 0 Å². The van der Waals surface area contributed by atoms with Crippen molar-refractivity contribution in [1.29, 1.82) is 0 Å². The lowest BCUT2D eigenvalue weighted by atomic mass is 9.94. The molecule has 1 aliphatic rings. The molecule has 0 aliphatic carbocycles. The fourth-order valence-electron chi connectivity index (χ4n) is 2.83. The number of hydrogen-bond donors (Lipinski definition) is 3. The summed E-state index contributed by atoms with van der Waals surface area (Å²) in [6.45, 7) is 3.55. The summed E-state index contributed by atoms with van der Waals surface area (Å²) in [6, 6.07) is 10.4. The second-order valence-corrected chi connectivity index (χ2v) is 7.58. The molecular formula is C18H17BrClN3O3. The maximum absolute atomic E-state index is 13.0. The molecule has 0 fully saturated rings. The van der Waals surface area contributed by atoms with Crippen LogP contribution in [-0.2, 0) is 10.5 Å². The normalized spacial score (nSPS) is 19.2. The van der Waals surface area contributed by atoms with Gasteiger partial charge in [0.2, 0.25) is 0 Å². The smallest absolute Gasteiger partial charge is 0.329 e. The van der Waals surface area contributed by atoms with E-state index in [1.165, 1.54) is 0 Å². The predicted molar refractivity (Wildman–Crippen MR) is 104 cm³/mol. The topological polar surface area (TPSA) is 81.7 Å². The molecule has 3 N–H and O–H groups in total. The molecule has 1 atom stereocenters. The number of carbonyl (C=O) groups excluding carboxylic acids is 2. The summed E-state index contributed by atoms with van der Waals surface area (Å²) < 4.78 is 0.666. The van der Waals surface area contributed by atoms with Gasteiger partial charge in [0.25, 0.3) is 11.6 Å². The number of hydrogen-bond acceptors (Lipinski definition) is 3. The molecule has 3 rings (SSSR count). The van der Waals surface area contributed by atoms with Gasteiger partial charge in [-0.2, -0.15) is 0 Å². The van der Waals surface area contributed by atoms with Crippen LogP contribution in [0.4, 0.5) is 16.2 Å². The van der Waals surface area contributed by atoms with Crippen LogP contribution in [0.2, 0.25) is 5.02 Å². The van der Waals surface area contributed by atoms with Gasteiger partial charge in [0.05, 0.1) is 5.69 Å². The first-order valence-electron chi connectivity index (χ1n) is 7.93. The number of rotatable bonds is 3. The van der Waals surface area contributed by atoms with Gasteiger partial charge in [-0.25, -0.2) is 4.79 Å². The Morgan fingerprint density at radius 1 is 1.27 bits per heavy atom. The van der Waals surface area contributed by atoms with Crippen molar-refractivity contribution in [1.82, 2.24) is 5.32 Å². The number of benzene rings is 2. The minimum Gasteiger partial charge on any atom is -0.359 e. The van der Waals surface area contributed by atoms with E-state index in [-0.39, 0.29) is 11.6 Å². The van der Waals surface area contributed by atoms with Crippen LogP contribution < -0.4 is 15.5 Å². The van der Waals surface area contributed by atoms with Crippen LogP contribution in [0.15, 0.2) is 46.9 Å². The molecule has 0 unspecified atom stereocenters. The largest absolute Gasteiger partial charge is 0.359 e. The van der Waals surface area contributed by atoms with Crippen molar-refractivity contribution in [2.24, 2.45) is 0 Å². The first kappa shape index (κ1) is 18.7. The van der Waals surface area contributed by atoms with E-state index in [2.05, 4.69) is 26.6 Å². The molecule has 0 saturated heterocycles. The van der Waals surface area contributed by atoms with Gasteiger partial charge >= 0.3 is 6.03 Å². The maximum atomic E-state index is 13.0. The van der Waals surface area contributed by atoms with E-state index in [9.17, 15) is 14.7 Å². The molecule has 2 aromatic carbocycles. The van der Waals surface area contributed by atoms with E-state index >= 15 is 0 Å². The van der Waals surface area contributed by atoms with Crippen LogP contribution >= 0.6 is 27.5 Å². The second-order valence-electron chi connectivity index (χ2n) is 6.23. The Morgan fingerprint density at radius 3 is 2.54 bits per heavy atom. The Hall–Kier alpha value is -2.09. The molecule has 2 aromatic rings. The van der Waals surface area contributed by atoms with Crippen molar-refractivity contribution in [3.63, 3.8) is 0 Å². The van der Waals surface area contributed by atoms with E-state index < -0.39 is 17.7 Å². The van der Waals surface area contributed by atoms with Gasteiger partial charge in [0.1, 0.15) is 0 Å². The van der Waals surface area contributed by atoms with E-state index in [1.807, 2.05) is 0 Å². The van der Waals surface area contributed by atoms with E-state index in [0.717, 1.165) is 4.90 Å². The second kappa shape index (κ2) is 6.90. The Labute approximate surface area is 164 Å². The highest BCUT2D eigenvalue weighted by Crippen LogP contribution is 2.41. The molecule has 3 amide bonds. The minimum absolute atomic E-state index is 0.223. The summed E-state index contributed by atoms with van der Waals surface area (Å²) >= 11 is 9.28. The van der Waals surface area contributed by atoms with Crippen molar-refractivity contribution in [3.8, 4) is 0 Å². The number of aliphatic hydroxyl groups is 1. The molecule has 0 bridgehead atoms. The van der Waals surface area contributed by atoms with Crippen LogP contribution in [0.1, 0.15) is 19.4 Å². The Kier molecular flexibility index (Phi) is 4.96. The average Bonchev–Trinajstić information content (AvgIpc) is 2.57. The van der Waals surface area contributed by atoms with Crippen LogP contribution in [-0.4, -0.2) is 23.1 Å². The van der Waals surface area contributed by atoms with Gasteiger partial charge in [0, 0.05) is 26.8 Å². The zero-order chi connectivity index (χ0) is 19.1. The molecule has 1 aliphatic heterocycles. The number of urea groups is 1. The predicted octanol–water partition coefficient (Wildman–Crippen LogP) is 3.82. The van der Waals surface area contributed by atoms with Crippen molar-refractivity contribution >= 4 is 50.8 Å². The number of anilines is 2. The van der Waals surface area contributed by atoms with E-state index in [0.29, 0.717) is 20.9 Å².